The Hall–Kier alpha value is -1.75. The number of aliphatic carboxylic acids is 1. The van der Waals surface area contributed by atoms with Gasteiger partial charge in [0, 0.05) is 23.0 Å². The highest BCUT2D eigenvalue weighted by molar-refractivity contribution is 6.31. The molecular formula is C12H14ClNO4. The highest BCUT2D eigenvalue weighted by atomic mass is 35.5. The minimum atomic E-state index is -0.934. The van der Waals surface area contributed by atoms with Crippen LogP contribution in [-0.2, 0) is 16.0 Å². The summed E-state index contributed by atoms with van der Waals surface area (Å²) in [7, 11) is 0. The number of hydrogen-bond donors (Lipinski definition) is 3. The van der Waals surface area contributed by atoms with Gasteiger partial charge in [-0.15, -0.1) is 0 Å². The van der Waals surface area contributed by atoms with E-state index in [1.54, 1.807) is 12.1 Å². The van der Waals surface area contributed by atoms with Gasteiger partial charge in [-0.05, 0) is 25.0 Å². The first-order valence-corrected chi connectivity index (χ1v) is 5.80. The zero-order valence-corrected chi connectivity index (χ0v) is 10.4. The van der Waals surface area contributed by atoms with Crippen molar-refractivity contribution >= 4 is 24.0 Å². The number of aromatic hydroxyl groups is 1. The molecule has 1 amide bonds. The lowest BCUT2D eigenvalue weighted by molar-refractivity contribution is -0.137. The van der Waals surface area contributed by atoms with Gasteiger partial charge in [0.1, 0.15) is 5.75 Å². The molecule has 18 heavy (non-hydrogen) atoms. The first kappa shape index (κ1) is 14.3. The SMILES string of the molecule is O=CNC(CCC(=O)O)Cc1c(O)cccc1Cl. The van der Waals surface area contributed by atoms with Gasteiger partial charge < -0.3 is 15.5 Å². The monoisotopic (exact) mass is 271 g/mol. The molecule has 98 valence electrons. The van der Waals surface area contributed by atoms with Gasteiger partial charge in [0.2, 0.25) is 6.41 Å². The Balaban J connectivity index is 2.76. The smallest absolute Gasteiger partial charge is 0.303 e. The van der Waals surface area contributed by atoms with Crippen LogP contribution in [0.5, 0.6) is 5.75 Å². The molecule has 1 atom stereocenters. The maximum atomic E-state index is 10.5. The molecule has 0 aliphatic carbocycles. The van der Waals surface area contributed by atoms with Crippen molar-refractivity contribution in [1.82, 2.24) is 5.32 Å². The minimum Gasteiger partial charge on any atom is -0.508 e. The van der Waals surface area contributed by atoms with Crippen LogP contribution in [0.4, 0.5) is 0 Å². The fourth-order valence-corrected chi connectivity index (χ4v) is 1.88. The van der Waals surface area contributed by atoms with E-state index in [2.05, 4.69) is 5.32 Å². The molecule has 1 unspecified atom stereocenters. The molecule has 0 aliphatic rings. The van der Waals surface area contributed by atoms with Crippen LogP contribution in [-0.4, -0.2) is 28.6 Å². The van der Waals surface area contributed by atoms with Crippen LogP contribution in [0, 0.1) is 0 Å². The van der Waals surface area contributed by atoms with E-state index >= 15 is 0 Å². The van der Waals surface area contributed by atoms with Crippen LogP contribution >= 0.6 is 11.6 Å². The normalized spacial score (nSPS) is 11.8. The van der Waals surface area contributed by atoms with Crippen LogP contribution in [0.1, 0.15) is 18.4 Å². The molecule has 3 N–H and O–H groups in total. The molecule has 0 radical (unpaired) electrons. The van der Waals surface area contributed by atoms with E-state index in [0.29, 0.717) is 17.0 Å². The maximum absolute atomic E-state index is 10.5. The first-order valence-electron chi connectivity index (χ1n) is 5.42. The van der Waals surface area contributed by atoms with Crippen molar-refractivity contribution < 1.29 is 19.8 Å². The second-order valence-corrected chi connectivity index (χ2v) is 4.26. The van der Waals surface area contributed by atoms with Crippen LogP contribution in [0.25, 0.3) is 0 Å². The average molecular weight is 272 g/mol. The van der Waals surface area contributed by atoms with Crippen molar-refractivity contribution in [2.75, 3.05) is 0 Å². The van der Waals surface area contributed by atoms with Crippen molar-refractivity contribution in [3.05, 3.63) is 28.8 Å². The number of carboxylic acids is 1. The lowest BCUT2D eigenvalue weighted by Gasteiger charge is -2.16. The molecule has 5 nitrogen and oxygen atoms in total. The molecule has 0 spiro atoms. The summed E-state index contributed by atoms with van der Waals surface area (Å²) in [5.74, 6) is -0.897. The number of phenols is 1. The van der Waals surface area contributed by atoms with Gasteiger partial charge >= 0.3 is 5.97 Å². The van der Waals surface area contributed by atoms with E-state index in [9.17, 15) is 14.7 Å². The number of amides is 1. The van der Waals surface area contributed by atoms with Crippen LogP contribution in [0.15, 0.2) is 18.2 Å². The standard InChI is InChI=1S/C12H14ClNO4/c13-10-2-1-3-11(16)9(10)6-8(14-7-15)4-5-12(17)18/h1-3,7-8,16H,4-6H2,(H,14,15)(H,17,18). The van der Waals surface area contributed by atoms with Gasteiger partial charge in [-0.25, -0.2) is 0 Å². The topological polar surface area (TPSA) is 86.6 Å². The van der Waals surface area contributed by atoms with Gasteiger partial charge in [0.25, 0.3) is 0 Å². The number of hydrogen-bond acceptors (Lipinski definition) is 3. The van der Waals surface area contributed by atoms with Crippen LogP contribution < -0.4 is 5.32 Å². The minimum absolute atomic E-state index is 0.0375. The Kier molecular flexibility index (Phi) is 5.45. The molecule has 6 heteroatoms. The Morgan fingerprint density at radius 3 is 2.78 bits per heavy atom. The number of rotatable bonds is 7. The third-order valence-corrected chi connectivity index (χ3v) is 2.91. The summed E-state index contributed by atoms with van der Waals surface area (Å²) >= 11 is 5.94. The van der Waals surface area contributed by atoms with Crippen molar-refractivity contribution in [2.45, 2.75) is 25.3 Å². The summed E-state index contributed by atoms with van der Waals surface area (Å²) in [5.41, 5.74) is 0.504. The molecule has 0 saturated carbocycles. The van der Waals surface area contributed by atoms with E-state index in [1.165, 1.54) is 6.07 Å². The van der Waals surface area contributed by atoms with Gasteiger partial charge in [-0.3, -0.25) is 9.59 Å². The number of halogens is 1. The zero-order chi connectivity index (χ0) is 13.5. The molecule has 1 aromatic rings. The lowest BCUT2D eigenvalue weighted by atomic mass is 10.0. The van der Waals surface area contributed by atoms with Crippen molar-refractivity contribution in [3.63, 3.8) is 0 Å². The van der Waals surface area contributed by atoms with Crippen molar-refractivity contribution in [3.8, 4) is 5.75 Å². The van der Waals surface area contributed by atoms with Crippen LogP contribution in [0.2, 0.25) is 5.02 Å². The Morgan fingerprint density at radius 1 is 1.50 bits per heavy atom. The molecule has 0 aliphatic heterocycles. The summed E-state index contributed by atoms with van der Waals surface area (Å²) in [6.45, 7) is 0. The number of carbonyl (C=O) groups is 2. The van der Waals surface area contributed by atoms with Gasteiger partial charge in [-0.2, -0.15) is 0 Å². The molecule has 1 rings (SSSR count). The third kappa shape index (κ3) is 4.25. The van der Waals surface area contributed by atoms with Crippen molar-refractivity contribution in [1.29, 1.82) is 0 Å². The van der Waals surface area contributed by atoms with E-state index in [0.717, 1.165) is 0 Å². The number of carbonyl (C=O) groups excluding carboxylic acids is 1. The van der Waals surface area contributed by atoms with Crippen LogP contribution in [0.3, 0.4) is 0 Å². The summed E-state index contributed by atoms with van der Waals surface area (Å²) in [5, 5.41) is 21.2. The lowest BCUT2D eigenvalue weighted by Crippen LogP contribution is -2.30. The predicted molar refractivity (Wildman–Crippen MR) is 66.7 cm³/mol. The number of carboxylic acid groups (broad SMARTS) is 1. The molecule has 0 bridgehead atoms. The fraction of sp³-hybridized carbons (Fsp3) is 0.333. The van der Waals surface area contributed by atoms with E-state index in [-0.39, 0.29) is 31.1 Å². The van der Waals surface area contributed by atoms with Gasteiger partial charge in [0.15, 0.2) is 0 Å². The van der Waals surface area contributed by atoms with E-state index in [1.807, 2.05) is 0 Å². The summed E-state index contributed by atoms with van der Waals surface area (Å²) < 4.78 is 0. The van der Waals surface area contributed by atoms with Crippen molar-refractivity contribution in [2.24, 2.45) is 0 Å². The fourth-order valence-electron chi connectivity index (χ4n) is 1.63. The average Bonchev–Trinajstić information content (AvgIpc) is 2.30. The maximum Gasteiger partial charge on any atom is 0.303 e. The zero-order valence-electron chi connectivity index (χ0n) is 9.60. The largest absolute Gasteiger partial charge is 0.508 e. The molecule has 0 aromatic heterocycles. The highest BCUT2D eigenvalue weighted by Crippen LogP contribution is 2.27. The molecular weight excluding hydrogens is 258 g/mol. The van der Waals surface area contributed by atoms with Gasteiger partial charge in [0.05, 0.1) is 0 Å². The first-order chi connectivity index (χ1) is 8.54. The summed E-state index contributed by atoms with van der Waals surface area (Å²) in [4.78, 5) is 21.0. The number of phenolic OH excluding ortho intramolecular Hbond substituents is 1. The quantitative estimate of drug-likeness (QED) is 0.657. The second-order valence-electron chi connectivity index (χ2n) is 3.86. The number of benzene rings is 1. The molecule has 0 fully saturated rings. The van der Waals surface area contributed by atoms with E-state index < -0.39 is 5.97 Å². The summed E-state index contributed by atoms with van der Waals surface area (Å²) in [6.07, 6.45) is 1.02. The predicted octanol–water partition coefficient (Wildman–Crippen LogP) is 1.57. The van der Waals surface area contributed by atoms with Gasteiger partial charge in [-0.1, -0.05) is 17.7 Å². The van der Waals surface area contributed by atoms with E-state index in [4.69, 9.17) is 16.7 Å². The number of nitrogens with one attached hydrogen (secondary N) is 1. The Morgan fingerprint density at radius 2 is 2.22 bits per heavy atom. The molecule has 0 heterocycles. The molecule has 0 saturated heterocycles. The summed E-state index contributed by atoms with van der Waals surface area (Å²) in [6, 6.07) is 4.37. The molecule has 1 aromatic carbocycles. The Labute approximate surface area is 109 Å². The Bertz CT molecular complexity index is 416. The third-order valence-electron chi connectivity index (χ3n) is 2.56. The second kappa shape index (κ2) is 6.86. The highest BCUT2D eigenvalue weighted by Gasteiger charge is 2.15.